The lowest BCUT2D eigenvalue weighted by atomic mass is 10.1. The Balaban J connectivity index is 1.92. The van der Waals surface area contributed by atoms with Crippen LogP contribution in [-0.2, 0) is 11.2 Å². The molecular weight excluding hydrogens is 402 g/mol. The van der Waals surface area contributed by atoms with Crippen LogP contribution in [0.5, 0.6) is 0 Å². The van der Waals surface area contributed by atoms with E-state index in [1.165, 1.54) is 11.8 Å². The first-order valence-corrected chi connectivity index (χ1v) is 8.83. The minimum atomic E-state index is -0.469. The Morgan fingerprint density at radius 3 is 2.68 bits per heavy atom. The Morgan fingerprint density at radius 1 is 1.28 bits per heavy atom. The molecule has 0 unspecified atom stereocenters. The molecule has 0 aliphatic carbocycles. The number of hydrogen-bond acceptors (Lipinski definition) is 3. The van der Waals surface area contributed by atoms with Crippen molar-refractivity contribution >= 4 is 39.1 Å². The first-order chi connectivity index (χ1) is 12.0. The van der Waals surface area contributed by atoms with Crippen molar-refractivity contribution < 1.29 is 4.79 Å². The van der Waals surface area contributed by atoms with Gasteiger partial charge in [0.1, 0.15) is 11.6 Å². The Bertz CT molecular complexity index is 826. The predicted octanol–water partition coefficient (Wildman–Crippen LogP) is 4.59. The van der Waals surface area contributed by atoms with Gasteiger partial charge in [0, 0.05) is 27.9 Å². The van der Waals surface area contributed by atoms with Crippen LogP contribution in [0.4, 0.5) is 5.69 Å². The number of rotatable bonds is 6. The zero-order valence-electron chi connectivity index (χ0n) is 13.6. The fourth-order valence-corrected chi connectivity index (χ4v) is 2.56. The molecule has 0 atom stereocenters. The Labute approximate surface area is 160 Å². The van der Waals surface area contributed by atoms with Crippen molar-refractivity contribution in [3.63, 3.8) is 0 Å². The molecule has 2 aromatic rings. The van der Waals surface area contributed by atoms with Crippen molar-refractivity contribution in [1.82, 2.24) is 5.32 Å². The second-order valence-electron chi connectivity index (χ2n) is 5.37. The molecule has 6 heteroatoms. The number of nitriles is 1. The smallest absolute Gasteiger partial charge is 0.267 e. The third-order valence-corrected chi connectivity index (χ3v) is 4.54. The van der Waals surface area contributed by atoms with Crippen LogP contribution in [0.2, 0.25) is 5.02 Å². The summed E-state index contributed by atoms with van der Waals surface area (Å²) in [6, 6.07) is 15.2. The van der Waals surface area contributed by atoms with Gasteiger partial charge in [0.2, 0.25) is 0 Å². The van der Waals surface area contributed by atoms with Gasteiger partial charge in [0.05, 0.1) is 0 Å². The molecule has 1 amide bonds. The van der Waals surface area contributed by atoms with Crippen LogP contribution >= 0.6 is 27.5 Å². The highest BCUT2D eigenvalue weighted by atomic mass is 79.9. The largest absolute Gasteiger partial charge is 0.389 e. The molecule has 0 aliphatic rings. The maximum atomic E-state index is 12.2. The molecule has 0 aromatic heterocycles. The van der Waals surface area contributed by atoms with Crippen LogP contribution in [0.15, 0.2) is 58.7 Å². The zero-order valence-corrected chi connectivity index (χ0v) is 16.0. The summed E-state index contributed by atoms with van der Waals surface area (Å²) in [7, 11) is 0. The number of hydrogen-bond donors (Lipinski definition) is 2. The van der Waals surface area contributed by atoms with E-state index in [0.717, 1.165) is 16.5 Å². The van der Waals surface area contributed by atoms with Crippen molar-refractivity contribution in [3.8, 4) is 6.07 Å². The summed E-state index contributed by atoms with van der Waals surface area (Å²) in [5, 5.41) is 15.5. The fraction of sp³-hybridized carbons (Fsp3) is 0.158. The zero-order chi connectivity index (χ0) is 18.2. The van der Waals surface area contributed by atoms with Gasteiger partial charge in [-0.05, 0) is 48.7 Å². The molecule has 0 radical (unpaired) electrons. The topological polar surface area (TPSA) is 64.9 Å². The highest BCUT2D eigenvalue weighted by molar-refractivity contribution is 9.10. The van der Waals surface area contributed by atoms with E-state index in [4.69, 9.17) is 11.6 Å². The predicted molar refractivity (Wildman–Crippen MR) is 104 cm³/mol. The maximum absolute atomic E-state index is 12.2. The van der Waals surface area contributed by atoms with Crippen molar-refractivity contribution in [1.29, 1.82) is 5.26 Å². The van der Waals surface area contributed by atoms with Crippen LogP contribution in [0.3, 0.4) is 0 Å². The molecule has 128 valence electrons. The molecule has 2 rings (SSSR count). The average Bonchev–Trinajstić information content (AvgIpc) is 2.60. The van der Waals surface area contributed by atoms with Gasteiger partial charge in [-0.1, -0.05) is 45.7 Å². The SMILES string of the molecule is Cc1c(Cl)cccc1NC(=O)/C(C#N)=C\NCCc1ccc(Br)cc1. The van der Waals surface area contributed by atoms with Gasteiger partial charge in [0.25, 0.3) is 5.91 Å². The van der Waals surface area contributed by atoms with Gasteiger partial charge in [-0.25, -0.2) is 0 Å². The summed E-state index contributed by atoms with van der Waals surface area (Å²) in [5.41, 5.74) is 2.53. The summed E-state index contributed by atoms with van der Waals surface area (Å²) in [5.74, 6) is -0.469. The molecule has 2 aromatic carbocycles. The summed E-state index contributed by atoms with van der Waals surface area (Å²) in [4.78, 5) is 12.2. The quantitative estimate of drug-likeness (QED) is 0.410. The summed E-state index contributed by atoms with van der Waals surface area (Å²) in [6.45, 7) is 2.43. The van der Waals surface area contributed by atoms with Crippen LogP contribution in [-0.4, -0.2) is 12.5 Å². The van der Waals surface area contributed by atoms with Crippen molar-refractivity contribution in [2.45, 2.75) is 13.3 Å². The van der Waals surface area contributed by atoms with E-state index in [9.17, 15) is 10.1 Å². The standard InChI is InChI=1S/C19H17BrClN3O/c1-13-17(21)3-2-4-18(13)24-19(25)15(11-22)12-23-10-9-14-5-7-16(20)8-6-14/h2-8,12,23H,9-10H2,1H3,(H,24,25)/b15-12-. The maximum Gasteiger partial charge on any atom is 0.267 e. The van der Waals surface area contributed by atoms with E-state index < -0.39 is 5.91 Å². The van der Waals surface area contributed by atoms with E-state index in [-0.39, 0.29) is 5.57 Å². The minimum absolute atomic E-state index is 0.00943. The lowest BCUT2D eigenvalue weighted by Crippen LogP contribution is -2.18. The lowest BCUT2D eigenvalue weighted by Gasteiger charge is -2.09. The lowest BCUT2D eigenvalue weighted by molar-refractivity contribution is -0.112. The van der Waals surface area contributed by atoms with Gasteiger partial charge in [0.15, 0.2) is 0 Å². The number of benzene rings is 2. The van der Waals surface area contributed by atoms with Crippen LogP contribution in [0.1, 0.15) is 11.1 Å². The van der Waals surface area contributed by atoms with E-state index in [1.807, 2.05) is 37.3 Å². The number of amides is 1. The molecule has 4 nitrogen and oxygen atoms in total. The fourth-order valence-electron chi connectivity index (χ4n) is 2.12. The molecule has 0 aliphatic heterocycles. The normalized spacial score (nSPS) is 10.9. The Morgan fingerprint density at radius 2 is 2.00 bits per heavy atom. The van der Waals surface area contributed by atoms with E-state index in [2.05, 4.69) is 26.6 Å². The first-order valence-electron chi connectivity index (χ1n) is 7.66. The van der Waals surface area contributed by atoms with Gasteiger partial charge >= 0.3 is 0 Å². The summed E-state index contributed by atoms with van der Waals surface area (Å²) < 4.78 is 1.03. The summed E-state index contributed by atoms with van der Waals surface area (Å²) in [6.07, 6.45) is 2.23. The van der Waals surface area contributed by atoms with Crippen LogP contribution in [0.25, 0.3) is 0 Å². The highest BCUT2D eigenvalue weighted by Crippen LogP contribution is 2.23. The molecule has 0 saturated heterocycles. The Hall–Kier alpha value is -2.29. The molecule has 0 fully saturated rings. The van der Waals surface area contributed by atoms with Gasteiger partial charge in [-0.2, -0.15) is 5.26 Å². The highest BCUT2D eigenvalue weighted by Gasteiger charge is 2.11. The van der Waals surface area contributed by atoms with Gasteiger partial charge in [-0.3, -0.25) is 4.79 Å². The number of halogens is 2. The monoisotopic (exact) mass is 417 g/mol. The molecule has 0 bridgehead atoms. The third kappa shape index (κ3) is 5.63. The number of carbonyl (C=O) groups is 1. The Kier molecular flexibility index (Phi) is 7.05. The molecule has 0 saturated carbocycles. The molecule has 0 spiro atoms. The molecule has 25 heavy (non-hydrogen) atoms. The van der Waals surface area contributed by atoms with Crippen molar-refractivity contribution in [2.75, 3.05) is 11.9 Å². The van der Waals surface area contributed by atoms with Gasteiger partial charge < -0.3 is 10.6 Å². The van der Waals surface area contributed by atoms with Crippen LogP contribution < -0.4 is 10.6 Å². The summed E-state index contributed by atoms with van der Waals surface area (Å²) >= 11 is 9.43. The van der Waals surface area contributed by atoms with E-state index >= 15 is 0 Å². The molecule has 2 N–H and O–H groups in total. The minimum Gasteiger partial charge on any atom is -0.389 e. The first kappa shape index (κ1) is 19.0. The second-order valence-corrected chi connectivity index (χ2v) is 6.69. The van der Waals surface area contributed by atoms with Crippen molar-refractivity contribution in [2.24, 2.45) is 0 Å². The third-order valence-electron chi connectivity index (χ3n) is 3.60. The number of nitrogens with zero attached hydrogens (tertiary/aromatic N) is 1. The number of anilines is 1. The number of nitrogens with one attached hydrogen (secondary N) is 2. The van der Waals surface area contributed by atoms with Gasteiger partial charge in [-0.15, -0.1) is 0 Å². The van der Waals surface area contributed by atoms with E-state index in [0.29, 0.717) is 17.3 Å². The van der Waals surface area contributed by atoms with E-state index in [1.54, 1.807) is 18.2 Å². The second kappa shape index (κ2) is 9.26. The average molecular weight is 419 g/mol. The molecular formula is C19H17BrClN3O. The number of carbonyl (C=O) groups excluding carboxylic acids is 1. The molecule has 0 heterocycles. The van der Waals surface area contributed by atoms with Crippen LogP contribution in [0, 0.1) is 18.3 Å². The van der Waals surface area contributed by atoms with Crippen molar-refractivity contribution in [3.05, 3.63) is 74.9 Å².